The van der Waals surface area contributed by atoms with E-state index in [9.17, 15) is 9.59 Å². The van der Waals surface area contributed by atoms with Crippen LogP contribution in [0.2, 0.25) is 0 Å². The smallest absolute Gasteiger partial charge is 0.267 e. The van der Waals surface area contributed by atoms with E-state index in [1.54, 1.807) is 12.3 Å². The highest BCUT2D eigenvalue weighted by molar-refractivity contribution is 5.94. The number of amides is 2. The first-order valence-corrected chi connectivity index (χ1v) is 8.85. The van der Waals surface area contributed by atoms with Crippen molar-refractivity contribution in [2.24, 2.45) is 0 Å². The molecule has 0 radical (unpaired) electrons. The number of rotatable bonds is 5. The Morgan fingerprint density at radius 2 is 1.82 bits per heavy atom. The van der Waals surface area contributed by atoms with Gasteiger partial charge in [-0.3, -0.25) is 14.8 Å². The fourth-order valence-corrected chi connectivity index (χ4v) is 3.00. The molecule has 0 unspecified atom stereocenters. The maximum atomic E-state index is 12.5. The maximum absolute atomic E-state index is 12.5. The first kappa shape index (κ1) is 21.4. The number of carbonyl (C=O) groups excluding carboxylic acids is 2. The third kappa shape index (κ3) is 5.80. The number of benzene rings is 1. The lowest BCUT2D eigenvalue weighted by atomic mass is 10.0. The topological polar surface area (TPSA) is 94.6 Å². The number of nitrogens with zero attached hydrogens (tertiary/aromatic N) is 2. The van der Waals surface area contributed by atoms with E-state index in [4.69, 9.17) is 5.21 Å². The van der Waals surface area contributed by atoms with Crippen LogP contribution in [-0.4, -0.2) is 46.0 Å². The normalized spacial score (nSPS) is 14.4. The van der Waals surface area contributed by atoms with E-state index < -0.39 is 5.91 Å². The van der Waals surface area contributed by atoms with Crippen LogP contribution in [0.4, 0.5) is 5.82 Å². The molecular formula is C20H23ClN4O3. The highest BCUT2D eigenvalue weighted by Crippen LogP contribution is 2.17. The molecule has 7 nitrogen and oxygen atoms in total. The van der Waals surface area contributed by atoms with Crippen molar-refractivity contribution < 1.29 is 14.8 Å². The van der Waals surface area contributed by atoms with Crippen LogP contribution < -0.4 is 10.8 Å². The molecule has 0 aliphatic carbocycles. The number of anilines is 1. The zero-order chi connectivity index (χ0) is 19.1. The molecule has 1 aromatic carbocycles. The Hall–Kier alpha value is -2.90. The van der Waals surface area contributed by atoms with Crippen LogP contribution in [0.1, 0.15) is 28.8 Å². The third-order valence-electron chi connectivity index (χ3n) is 4.48. The summed E-state index contributed by atoms with van der Waals surface area (Å²) in [6.45, 7) is 1.42. The molecule has 2 aromatic rings. The molecule has 0 atom stereocenters. The van der Waals surface area contributed by atoms with Crippen LogP contribution in [0.25, 0.3) is 6.08 Å². The van der Waals surface area contributed by atoms with Crippen LogP contribution in [0, 0.1) is 0 Å². The molecule has 1 fully saturated rings. The summed E-state index contributed by atoms with van der Waals surface area (Å²) in [6, 6.07) is 13.3. The second-order valence-electron chi connectivity index (χ2n) is 6.36. The average Bonchev–Trinajstić information content (AvgIpc) is 2.73. The molecule has 2 amide bonds. The molecule has 1 aliphatic rings. The predicted molar refractivity (Wildman–Crippen MR) is 109 cm³/mol. The Balaban J connectivity index is 0.00000280. The van der Waals surface area contributed by atoms with Gasteiger partial charge < -0.3 is 10.2 Å². The number of pyridine rings is 1. The predicted octanol–water partition coefficient (Wildman–Crippen LogP) is 2.74. The molecular weight excluding hydrogens is 380 g/mol. The summed E-state index contributed by atoms with van der Waals surface area (Å²) >= 11 is 0. The number of nitrogens with one attached hydrogen (secondary N) is 2. The van der Waals surface area contributed by atoms with Gasteiger partial charge in [0.2, 0.25) is 0 Å². The van der Waals surface area contributed by atoms with Gasteiger partial charge >= 0.3 is 0 Å². The largest absolute Gasteiger partial charge is 0.367 e. The fraction of sp³-hybridized carbons (Fsp3) is 0.250. The van der Waals surface area contributed by atoms with Crippen molar-refractivity contribution in [1.82, 2.24) is 15.4 Å². The summed E-state index contributed by atoms with van der Waals surface area (Å²) in [7, 11) is 0. The second-order valence-corrected chi connectivity index (χ2v) is 6.36. The summed E-state index contributed by atoms with van der Waals surface area (Å²) in [4.78, 5) is 29.7. The van der Waals surface area contributed by atoms with E-state index in [-0.39, 0.29) is 24.4 Å². The van der Waals surface area contributed by atoms with Gasteiger partial charge in [-0.05, 0) is 48.7 Å². The summed E-state index contributed by atoms with van der Waals surface area (Å²) in [5.74, 6) is 0.246. The molecule has 0 saturated carbocycles. The van der Waals surface area contributed by atoms with E-state index in [0.717, 1.165) is 29.8 Å². The molecule has 3 N–H and O–H groups in total. The Bertz CT molecular complexity index is 804. The summed E-state index contributed by atoms with van der Waals surface area (Å²) in [5.41, 5.74) is 3.02. The molecule has 1 aromatic heterocycles. The van der Waals surface area contributed by atoms with E-state index in [0.29, 0.717) is 13.1 Å². The maximum Gasteiger partial charge on any atom is 0.267 e. The molecule has 8 heteroatoms. The lowest BCUT2D eigenvalue weighted by Crippen LogP contribution is -2.42. The Morgan fingerprint density at radius 3 is 2.43 bits per heavy atom. The van der Waals surface area contributed by atoms with E-state index >= 15 is 0 Å². The zero-order valence-corrected chi connectivity index (χ0v) is 16.1. The van der Waals surface area contributed by atoms with Crippen LogP contribution in [0.15, 0.2) is 54.7 Å². The Morgan fingerprint density at radius 1 is 1.11 bits per heavy atom. The van der Waals surface area contributed by atoms with Gasteiger partial charge in [0.05, 0.1) is 0 Å². The Kier molecular flexibility index (Phi) is 7.98. The van der Waals surface area contributed by atoms with Gasteiger partial charge in [-0.1, -0.05) is 18.2 Å². The third-order valence-corrected chi connectivity index (χ3v) is 4.48. The van der Waals surface area contributed by atoms with E-state index in [1.807, 2.05) is 47.4 Å². The minimum Gasteiger partial charge on any atom is -0.367 e. The highest BCUT2D eigenvalue weighted by atomic mass is 35.5. The SMILES string of the molecule is Cl.O=C(/C=C/c1ccc(NC2CCN(C(=O)c3ccccc3)CC2)nc1)NO. The lowest BCUT2D eigenvalue weighted by Gasteiger charge is -2.32. The first-order chi connectivity index (χ1) is 13.2. The summed E-state index contributed by atoms with van der Waals surface area (Å²) in [5, 5.41) is 11.8. The number of carbonyl (C=O) groups is 2. The van der Waals surface area contributed by atoms with Gasteiger partial charge in [-0.25, -0.2) is 10.5 Å². The van der Waals surface area contributed by atoms with E-state index in [2.05, 4.69) is 10.3 Å². The van der Waals surface area contributed by atoms with Crippen molar-refractivity contribution in [2.75, 3.05) is 18.4 Å². The van der Waals surface area contributed by atoms with Crippen LogP contribution in [0.5, 0.6) is 0 Å². The summed E-state index contributed by atoms with van der Waals surface area (Å²) < 4.78 is 0. The molecule has 0 bridgehead atoms. The molecule has 1 aliphatic heterocycles. The van der Waals surface area contributed by atoms with Gasteiger partial charge in [0, 0.05) is 37.0 Å². The number of hydrogen-bond acceptors (Lipinski definition) is 5. The number of hydroxylamine groups is 1. The monoisotopic (exact) mass is 402 g/mol. The number of halogens is 1. The van der Waals surface area contributed by atoms with Gasteiger partial charge in [-0.15, -0.1) is 12.4 Å². The summed E-state index contributed by atoms with van der Waals surface area (Å²) in [6.07, 6.45) is 6.16. The van der Waals surface area contributed by atoms with Gasteiger partial charge in [0.25, 0.3) is 11.8 Å². The molecule has 2 heterocycles. The number of piperidine rings is 1. The first-order valence-electron chi connectivity index (χ1n) is 8.85. The quantitative estimate of drug-likeness (QED) is 0.406. The van der Waals surface area contributed by atoms with Gasteiger partial charge in [0.1, 0.15) is 5.82 Å². The van der Waals surface area contributed by atoms with Crippen molar-refractivity contribution in [2.45, 2.75) is 18.9 Å². The van der Waals surface area contributed by atoms with E-state index in [1.165, 1.54) is 11.6 Å². The van der Waals surface area contributed by atoms with Crippen molar-refractivity contribution in [3.8, 4) is 0 Å². The molecule has 3 rings (SSSR count). The minimum absolute atomic E-state index is 0. The molecule has 148 valence electrons. The zero-order valence-electron chi connectivity index (χ0n) is 15.2. The second kappa shape index (κ2) is 10.4. The fourth-order valence-electron chi connectivity index (χ4n) is 3.00. The number of aromatic nitrogens is 1. The number of likely N-dealkylation sites (tertiary alicyclic amines) is 1. The molecule has 28 heavy (non-hydrogen) atoms. The Labute approximate surface area is 169 Å². The molecule has 0 spiro atoms. The lowest BCUT2D eigenvalue weighted by molar-refractivity contribution is -0.124. The van der Waals surface area contributed by atoms with Crippen molar-refractivity contribution in [3.05, 3.63) is 65.9 Å². The van der Waals surface area contributed by atoms with Crippen molar-refractivity contribution >= 4 is 36.1 Å². The minimum atomic E-state index is -0.589. The van der Waals surface area contributed by atoms with Gasteiger partial charge in [0.15, 0.2) is 0 Å². The number of hydrogen-bond donors (Lipinski definition) is 3. The van der Waals surface area contributed by atoms with Crippen molar-refractivity contribution in [3.63, 3.8) is 0 Å². The van der Waals surface area contributed by atoms with Crippen LogP contribution in [0.3, 0.4) is 0 Å². The van der Waals surface area contributed by atoms with Crippen molar-refractivity contribution in [1.29, 1.82) is 0 Å². The highest BCUT2D eigenvalue weighted by Gasteiger charge is 2.23. The molecule has 1 saturated heterocycles. The standard InChI is InChI=1S/C20H22N4O3.ClH/c25-19(23-27)9-7-15-6-8-18(21-14-15)22-17-10-12-24(13-11-17)20(26)16-4-2-1-3-5-16;/h1-9,14,17,27H,10-13H2,(H,21,22)(H,23,25);1H/b9-7+;. The van der Waals surface area contributed by atoms with Gasteiger partial charge in [-0.2, -0.15) is 0 Å². The van der Waals surface area contributed by atoms with Crippen LogP contribution >= 0.6 is 12.4 Å². The average molecular weight is 403 g/mol. The van der Waals surface area contributed by atoms with Crippen LogP contribution in [-0.2, 0) is 4.79 Å².